The second kappa shape index (κ2) is 8.62. The molecule has 6 heteroatoms. The highest BCUT2D eigenvalue weighted by molar-refractivity contribution is 5.80. The molecule has 0 aromatic heterocycles. The van der Waals surface area contributed by atoms with Gasteiger partial charge in [-0.2, -0.15) is 0 Å². The molecule has 2 heterocycles. The highest BCUT2D eigenvalue weighted by Crippen LogP contribution is 2.47. The number of ether oxygens (including phenoxy) is 1. The van der Waals surface area contributed by atoms with Crippen molar-refractivity contribution in [3.05, 3.63) is 35.9 Å². The fourth-order valence-electron chi connectivity index (χ4n) is 4.48. The van der Waals surface area contributed by atoms with Gasteiger partial charge in [0.1, 0.15) is 0 Å². The van der Waals surface area contributed by atoms with Crippen molar-refractivity contribution in [3.8, 4) is 0 Å². The first-order valence-electron chi connectivity index (χ1n) is 10.6. The average Bonchev–Trinajstić information content (AvgIpc) is 3.54. The summed E-state index contributed by atoms with van der Waals surface area (Å²) in [7, 11) is 0. The number of nitrogens with one attached hydrogen (secondary N) is 1. The quantitative estimate of drug-likeness (QED) is 0.804. The molecule has 1 aromatic carbocycles. The second-order valence-electron chi connectivity index (χ2n) is 8.44. The first kappa shape index (κ1) is 19.4. The standard InChI is InChI=1S/C22H31N3O3/c26-20(23-17-22(8-9-22)19-6-2-1-3-7-19)16-24-10-4-5-18(15-24)21(27)25-11-13-28-14-12-25/h1-3,6-7,18H,4-5,8-17H2,(H,23,26)/t18-/m0/s1. The summed E-state index contributed by atoms with van der Waals surface area (Å²) in [6, 6.07) is 10.5. The van der Waals surface area contributed by atoms with Crippen molar-refractivity contribution in [2.24, 2.45) is 5.92 Å². The summed E-state index contributed by atoms with van der Waals surface area (Å²) in [6.45, 7) is 5.32. The number of rotatable bonds is 6. The van der Waals surface area contributed by atoms with Crippen LogP contribution in [0.15, 0.2) is 30.3 Å². The molecule has 1 aromatic rings. The first-order chi connectivity index (χ1) is 13.7. The minimum atomic E-state index is 0.0127. The highest BCUT2D eigenvalue weighted by atomic mass is 16.5. The van der Waals surface area contributed by atoms with Crippen LogP contribution in [0.3, 0.4) is 0 Å². The lowest BCUT2D eigenvalue weighted by Gasteiger charge is -2.36. The molecule has 0 unspecified atom stereocenters. The van der Waals surface area contributed by atoms with Crippen LogP contribution >= 0.6 is 0 Å². The van der Waals surface area contributed by atoms with E-state index in [9.17, 15) is 9.59 Å². The number of hydrogen-bond acceptors (Lipinski definition) is 4. The summed E-state index contributed by atoms with van der Waals surface area (Å²) in [5.74, 6) is 0.315. The van der Waals surface area contributed by atoms with E-state index in [1.165, 1.54) is 5.56 Å². The van der Waals surface area contributed by atoms with Gasteiger partial charge in [-0.3, -0.25) is 14.5 Å². The van der Waals surface area contributed by atoms with E-state index in [1.54, 1.807) is 0 Å². The van der Waals surface area contributed by atoms with Crippen LogP contribution in [0.25, 0.3) is 0 Å². The summed E-state index contributed by atoms with van der Waals surface area (Å²) in [6.07, 6.45) is 4.17. The molecule has 0 bridgehead atoms. The van der Waals surface area contributed by atoms with Gasteiger partial charge in [0.05, 0.1) is 25.7 Å². The lowest BCUT2D eigenvalue weighted by atomic mass is 9.95. The van der Waals surface area contributed by atoms with Gasteiger partial charge in [0.25, 0.3) is 0 Å². The summed E-state index contributed by atoms with van der Waals surface area (Å²) in [4.78, 5) is 29.3. The predicted molar refractivity (Wildman–Crippen MR) is 107 cm³/mol. The minimum absolute atomic E-state index is 0.0127. The van der Waals surface area contributed by atoms with Gasteiger partial charge in [-0.1, -0.05) is 30.3 Å². The Kier molecular flexibility index (Phi) is 5.97. The van der Waals surface area contributed by atoms with Gasteiger partial charge in [-0.25, -0.2) is 0 Å². The molecule has 4 rings (SSSR count). The van der Waals surface area contributed by atoms with Gasteiger partial charge >= 0.3 is 0 Å². The molecule has 3 fully saturated rings. The van der Waals surface area contributed by atoms with Crippen molar-refractivity contribution in [2.75, 3.05) is 52.5 Å². The molecule has 152 valence electrons. The molecule has 1 N–H and O–H groups in total. The van der Waals surface area contributed by atoms with Crippen molar-refractivity contribution in [3.63, 3.8) is 0 Å². The number of piperidine rings is 1. The molecule has 1 aliphatic carbocycles. The van der Waals surface area contributed by atoms with Crippen LogP contribution < -0.4 is 5.32 Å². The third kappa shape index (κ3) is 4.55. The van der Waals surface area contributed by atoms with E-state index < -0.39 is 0 Å². The fourth-order valence-corrected chi connectivity index (χ4v) is 4.48. The maximum absolute atomic E-state index is 12.7. The Balaban J connectivity index is 1.25. The molecule has 6 nitrogen and oxygen atoms in total. The predicted octanol–water partition coefficient (Wildman–Crippen LogP) is 1.41. The van der Waals surface area contributed by atoms with Crippen molar-refractivity contribution in [2.45, 2.75) is 31.1 Å². The smallest absolute Gasteiger partial charge is 0.234 e. The number of hydrogen-bond donors (Lipinski definition) is 1. The monoisotopic (exact) mass is 385 g/mol. The van der Waals surface area contributed by atoms with E-state index in [0.717, 1.165) is 32.2 Å². The molecule has 2 amide bonds. The Hall–Kier alpha value is -1.92. The largest absolute Gasteiger partial charge is 0.378 e. The lowest BCUT2D eigenvalue weighted by Crippen LogP contribution is -2.50. The zero-order valence-corrected chi connectivity index (χ0v) is 16.6. The third-order valence-corrected chi connectivity index (χ3v) is 6.41. The minimum Gasteiger partial charge on any atom is -0.378 e. The maximum Gasteiger partial charge on any atom is 0.234 e. The number of carbonyl (C=O) groups is 2. The summed E-state index contributed by atoms with van der Waals surface area (Å²) in [5.41, 5.74) is 1.46. The Morgan fingerprint density at radius 3 is 2.57 bits per heavy atom. The Bertz CT molecular complexity index is 684. The number of morpholine rings is 1. The van der Waals surface area contributed by atoms with E-state index in [0.29, 0.717) is 45.9 Å². The van der Waals surface area contributed by atoms with Crippen LogP contribution in [0.4, 0.5) is 0 Å². The SMILES string of the molecule is O=C(CN1CCC[C@H](C(=O)N2CCOCC2)C1)NCC1(c2ccccc2)CC1. The number of amides is 2. The van der Waals surface area contributed by atoms with Crippen molar-refractivity contribution in [1.82, 2.24) is 15.1 Å². The number of nitrogens with zero attached hydrogens (tertiary/aromatic N) is 2. The first-order valence-corrected chi connectivity index (χ1v) is 10.6. The molecule has 2 saturated heterocycles. The molecule has 2 aliphatic heterocycles. The summed E-state index contributed by atoms with van der Waals surface area (Å²) >= 11 is 0. The number of benzene rings is 1. The highest BCUT2D eigenvalue weighted by Gasteiger charge is 2.44. The van der Waals surface area contributed by atoms with Gasteiger partial charge in [-0.05, 0) is 37.8 Å². The van der Waals surface area contributed by atoms with Gasteiger partial charge < -0.3 is 15.0 Å². The lowest BCUT2D eigenvalue weighted by molar-refractivity contribution is -0.142. The molecule has 0 radical (unpaired) electrons. The average molecular weight is 386 g/mol. The number of likely N-dealkylation sites (tertiary alicyclic amines) is 1. The Morgan fingerprint density at radius 2 is 1.86 bits per heavy atom. The van der Waals surface area contributed by atoms with Gasteiger partial charge in [-0.15, -0.1) is 0 Å². The summed E-state index contributed by atoms with van der Waals surface area (Å²) < 4.78 is 5.35. The van der Waals surface area contributed by atoms with Crippen LogP contribution in [0.2, 0.25) is 0 Å². The zero-order valence-electron chi connectivity index (χ0n) is 16.6. The van der Waals surface area contributed by atoms with Crippen LogP contribution in [0.1, 0.15) is 31.2 Å². The van der Waals surface area contributed by atoms with Gasteiger partial charge in [0.2, 0.25) is 11.8 Å². The molecule has 1 saturated carbocycles. The molecule has 3 aliphatic rings. The van der Waals surface area contributed by atoms with E-state index in [1.807, 2.05) is 11.0 Å². The van der Waals surface area contributed by atoms with E-state index in [2.05, 4.69) is 34.5 Å². The van der Waals surface area contributed by atoms with Crippen LogP contribution in [0.5, 0.6) is 0 Å². The van der Waals surface area contributed by atoms with Crippen LogP contribution in [-0.2, 0) is 19.7 Å². The Labute approximate surface area is 167 Å². The third-order valence-electron chi connectivity index (χ3n) is 6.41. The van der Waals surface area contributed by atoms with E-state index in [4.69, 9.17) is 4.74 Å². The molecular weight excluding hydrogens is 354 g/mol. The van der Waals surface area contributed by atoms with Crippen molar-refractivity contribution >= 4 is 11.8 Å². The second-order valence-corrected chi connectivity index (χ2v) is 8.44. The van der Waals surface area contributed by atoms with E-state index in [-0.39, 0.29) is 23.1 Å². The topological polar surface area (TPSA) is 61.9 Å². The molecule has 1 atom stereocenters. The van der Waals surface area contributed by atoms with Crippen molar-refractivity contribution < 1.29 is 14.3 Å². The number of carbonyl (C=O) groups excluding carboxylic acids is 2. The molecule has 28 heavy (non-hydrogen) atoms. The van der Waals surface area contributed by atoms with Crippen LogP contribution in [-0.4, -0.2) is 74.1 Å². The summed E-state index contributed by atoms with van der Waals surface area (Å²) in [5, 5.41) is 3.15. The van der Waals surface area contributed by atoms with Crippen LogP contribution in [0, 0.1) is 5.92 Å². The molecular formula is C22H31N3O3. The van der Waals surface area contributed by atoms with Gasteiger partial charge in [0, 0.05) is 31.6 Å². The van der Waals surface area contributed by atoms with Crippen molar-refractivity contribution in [1.29, 1.82) is 0 Å². The Morgan fingerprint density at radius 1 is 1.11 bits per heavy atom. The van der Waals surface area contributed by atoms with E-state index >= 15 is 0 Å². The zero-order chi connectivity index (χ0) is 19.4. The fraction of sp³-hybridized carbons (Fsp3) is 0.636. The maximum atomic E-state index is 12.7. The molecule has 0 spiro atoms. The normalized spacial score (nSPS) is 24.6. The van der Waals surface area contributed by atoms with Gasteiger partial charge in [0.15, 0.2) is 0 Å².